The summed E-state index contributed by atoms with van der Waals surface area (Å²) < 4.78 is 41.6. The minimum Gasteiger partial charge on any atom is -0.337 e. The second-order valence-electron chi connectivity index (χ2n) is 8.05. The van der Waals surface area contributed by atoms with Gasteiger partial charge in [0.1, 0.15) is 5.82 Å². The van der Waals surface area contributed by atoms with Gasteiger partial charge in [0.05, 0.1) is 4.90 Å². The fourth-order valence-corrected chi connectivity index (χ4v) is 5.64. The van der Waals surface area contributed by atoms with E-state index in [0.29, 0.717) is 30.5 Å². The molecular weight excluding hydrogens is 391 g/mol. The van der Waals surface area contributed by atoms with Gasteiger partial charge in [-0.3, -0.25) is 4.79 Å². The van der Waals surface area contributed by atoms with Crippen molar-refractivity contribution in [2.45, 2.75) is 31.7 Å². The zero-order chi connectivity index (χ0) is 21.2. The molecule has 0 aromatic heterocycles. The first-order valence-electron chi connectivity index (χ1n) is 9.77. The summed E-state index contributed by atoms with van der Waals surface area (Å²) in [5.74, 6) is -0.141. The van der Waals surface area contributed by atoms with Gasteiger partial charge < -0.3 is 4.90 Å². The molecule has 0 radical (unpaired) electrons. The van der Waals surface area contributed by atoms with Crippen LogP contribution in [0.4, 0.5) is 4.39 Å². The summed E-state index contributed by atoms with van der Waals surface area (Å²) in [7, 11) is -2.10. The van der Waals surface area contributed by atoms with Gasteiger partial charge in [-0.15, -0.1) is 0 Å². The molecule has 29 heavy (non-hydrogen) atoms. The summed E-state index contributed by atoms with van der Waals surface area (Å²) in [6.45, 7) is 5.17. The topological polar surface area (TPSA) is 57.7 Å². The number of hydrogen-bond donors (Lipinski definition) is 0. The van der Waals surface area contributed by atoms with E-state index in [0.717, 1.165) is 6.42 Å². The van der Waals surface area contributed by atoms with Gasteiger partial charge in [-0.25, -0.2) is 12.8 Å². The molecule has 7 heteroatoms. The SMILES string of the molecule is CC1CC(C)CN(S(=O)(=O)c2cccc(C(=O)N(C)Cc3ccccc3F)c2)C1. The molecule has 1 aliphatic heterocycles. The van der Waals surface area contributed by atoms with Crippen molar-refractivity contribution in [3.05, 3.63) is 65.5 Å². The number of carbonyl (C=O) groups is 1. The first kappa shape index (κ1) is 21.5. The van der Waals surface area contributed by atoms with Gasteiger partial charge in [-0.05, 0) is 42.5 Å². The third-order valence-corrected chi connectivity index (χ3v) is 7.09. The maximum atomic E-state index is 13.9. The molecule has 2 aromatic rings. The van der Waals surface area contributed by atoms with Gasteiger partial charge in [0.25, 0.3) is 5.91 Å². The summed E-state index contributed by atoms with van der Waals surface area (Å²) in [6.07, 6.45) is 1.01. The average Bonchev–Trinajstić information content (AvgIpc) is 2.68. The van der Waals surface area contributed by atoms with Gasteiger partial charge in [0, 0.05) is 37.8 Å². The molecule has 1 aliphatic rings. The van der Waals surface area contributed by atoms with Crippen LogP contribution in [-0.4, -0.2) is 43.7 Å². The number of carbonyl (C=O) groups excluding carboxylic acids is 1. The lowest BCUT2D eigenvalue weighted by Crippen LogP contribution is -2.42. The highest BCUT2D eigenvalue weighted by Gasteiger charge is 2.32. The van der Waals surface area contributed by atoms with Crippen LogP contribution in [0.5, 0.6) is 0 Å². The van der Waals surface area contributed by atoms with Crippen LogP contribution < -0.4 is 0 Å². The van der Waals surface area contributed by atoms with Crippen molar-refractivity contribution >= 4 is 15.9 Å². The van der Waals surface area contributed by atoms with E-state index in [1.54, 1.807) is 37.4 Å². The molecule has 0 N–H and O–H groups in total. The van der Waals surface area contributed by atoms with E-state index in [-0.39, 0.29) is 28.7 Å². The Balaban J connectivity index is 1.81. The number of amides is 1. The van der Waals surface area contributed by atoms with Crippen LogP contribution in [-0.2, 0) is 16.6 Å². The van der Waals surface area contributed by atoms with Crippen LogP contribution in [0.15, 0.2) is 53.4 Å². The normalized spacial score (nSPS) is 20.4. The van der Waals surface area contributed by atoms with E-state index in [2.05, 4.69) is 13.8 Å². The Labute approximate surface area is 172 Å². The standard InChI is InChI=1S/C22H27FN2O3S/c1-16-11-17(2)14-25(13-16)29(27,28)20-9-6-8-18(12-20)22(26)24(3)15-19-7-4-5-10-21(19)23/h4-10,12,16-17H,11,13-15H2,1-3H3. The minimum atomic E-state index is -3.67. The number of sulfonamides is 1. The summed E-state index contributed by atoms with van der Waals surface area (Å²) in [5.41, 5.74) is 0.673. The van der Waals surface area contributed by atoms with Crippen molar-refractivity contribution in [1.82, 2.24) is 9.21 Å². The van der Waals surface area contributed by atoms with E-state index in [1.165, 1.54) is 27.4 Å². The molecule has 0 bridgehead atoms. The number of rotatable bonds is 5. The molecule has 0 saturated carbocycles. The van der Waals surface area contributed by atoms with Crippen LogP contribution in [0, 0.1) is 17.7 Å². The van der Waals surface area contributed by atoms with Crippen LogP contribution in [0.2, 0.25) is 0 Å². The molecule has 3 rings (SSSR count). The van der Waals surface area contributed by atoms with Crippen molar-refractivity contribution in [3.63, 3.8) is 0 Å². The summed E-state index contributed by atoms with van der Waals surface area (Å²) in [5, 5.41) is 0. The van der Waals surface area contributed by atoms with Crippen molar-refractivity contribution in [2.24, 2.45) is 11.8 Å². The summed E-state index contributed by atoms with van der Waals surface area (Å²) in [4.78, 5) is 14.3. The summed E-state index contributed by atoms with van der Waals surface area (Å²) >= 11 is 0. The minimum absolute atomic E-state index is 0.101. The van der Waals surface area contributed by atoms with Gasteiger partial charge in [-0.1, -0.05) is 38.1 Å². The quantitative estimate of drug-likeness (QED) is 0.743. The smallest absolute Gasteiger partial charge is 0.253 e. The third kappa shape index (κ3) is 4.85. The molecule has 5 nitrogen and oxygen atoms in total. The molecule has 0 aliphatic carbocycles. The number of piperidine rings is 1. The molecule has 2 atom stereocenters. The van der Waals surface area contributed by atoms with Crippen LogP contribution >= 0.6 is 0 Å². The molecule has 1 amide bonds. The predicted molar refractivity (Wildman–Crippen MR) is 110 cm³/mol. The fourth-order valence-electron chi connectivity index (χ4n) is 3.91. The Hall–Kier alpha value is -2.25. The lowest BCUT2D eigenvalue weighted by Gasteiger charge is -2.34. The van der Waals surface area contributed by atoms with E-state index in [9.17, 15) is 17.6 Å². The second kappa shape index (κ2) is 8.63. The molecule has 156 valence electrons. The Morgan fingerprint density at radius 1 is 1.10 bits per heavy atom. The number of halogens is 1. The first-order chi connectivity index (χ1) is 13.7. The highest BCUT2D eigenvalue weighted by atomic mass is 32.2. The van der Waals surface area contributed by atoms with Crippen molar-refractivity contribution in [3.8, 4) is 0 Å². The maximum absolute atomic E-state index is 13.9. The Bertz CT molecular complexity index is 983. The first-order valence-corrected chi connectivity index (χ1v) is 11.2. The average molecular weight is 419 g/mol. The van der Waals surface area contributed by atoms with Crippen molar-refractivity contribution < 1.29 is 17.6 Å². The van der Waals surface area contributed by atoms with Gasteiger partial charge in [-0.2, -0.15) is 4.31 Å². The van der Waals surface area contributed by atoms with Crippen LogP contribution in [0.25, 0.3) is 0 Å². The van der Waals surface area contributed by atoms with Gasteiger partial charge in [0.15, 0.2) is 0 Å². The number of benzene rings is 2. The Morgan fingerprint density at radius 3 is 2.41 bits per heavy atom. The lowest BCUT2D eigenvalue weighted by molar-refractivity contribution is 0.0783. The summed E-state index contributed by atoms with van der Waals surface area (Å²) in [6, 6.07) is 12.4. The zero-order valence-corrected chi connectivity index (χ0v) is 17.8. The van der Waals surface area contributed by atoms with Crippen LogP contribution in [0.1, 0.15) is 36.2 Å². The van der Waals surface area contributed by atoms with Crippen LogP contribution in [0.3, 0.4) is 0 Å². The Kier molecular flexibility index (Phi) is 6.39. The van der Waals surface area contributed by atoms with E-state index in [4.69, 9.17) is 0 Å². The lowest BCUT2D eigenvalue weighted by atomic mass is 9.94. The van der Waals surface area contributed by atoms with Crippen molar-refractivity contribution in [1.29, 1.82) is 0 Å². The molecule has 0 spiro atoms. The van der Waals surface area contributed by atoms with Gasteiger partial charge >= 0.3 is 0 Å². The second-order valence-corrected chi connectivity index (χ2v) is 9.99. The monoisotopic (exact) mass is 418 g/mol. The van der Waals surface area contributed by atoms with E-state index in [1.807, 2.05) is 0 Å². The third-order valence-electron chi connectivity index (χ3n) is 5.27. The maximum Gasteiger partial charge on any atom is 0.253 e. The largest absolute Gasteiger partial charge is 0.337 e. The van der Waals surface area contributed by atoms with Gasteiger partial charge in [0.2, 0.25) is 10.0 Å². The predicted octanol–water partition coefficient (Wildman–Crippen LogP) is 3.76. The van der Waals surface area contributed by atoms with E-state index >= 15 is 0 Å². The highest BCUT2D eigenvalue weighted by Crippen LogP contribution is 2.27. The fraction of sp³-hybridized carbons (Fsp3) is 0.409. The highest BCUT2D eigenvalue weighted by molar-refractivity contribution is 7.89. The molecular formula is C22H27FN2O3S. The number of nitrogens with zero attached hydrogens (tertiary/aromatic N) is 2. The van der Waals surface area contributed by atoms with Crippen molar-refractivity contribution in [2.75, 3.05) is 20.1 Å². The number of hydrogen-bond acceptors (Lipinski definition) is 3. The zero-order valence-electron chi connectivity index (χ0n) is 17.0. The Morgan fingerprint density at radius 2 is 1.76 bits per heavy atom. The molecule has 2 aromatic carbocycles. The molecule has 2 unspecified atom stereocenters. The molecule has 1 saturated heterocycles. The molecule has 1 heterocycles. The molecule has 1 fully saturated rings. The van der Waals surface area contributed by atoms with E-state index < -0.39 is 10.0 Å².